The van der Waals surface area contributed by atoms with Crippen molar-refractivity contribution in [3.05, 3.63) is 0 Å². The molecule has 0 saturated carbocycles. The fourth-order valence-corrected chi connectivity index (χ4v) is 1.69. The number of aliphatic carboxylic acids is 1. The van der Waals surface area contributed by atoms with Crippen LogP contribution in [0.1, 0.15) is 59.3 Å². The van der Waals surface area contributed by atoms with E-state index in [1.165, 1.54) is 0 Å². The summed E-state index contributed by atoms with van der Waals surface area (Å²) in [5, 5.41) is 8.82. The number of esters is 1. The van der Waals surface area contributed by atoms with Crippen LogP contribution in [0.5, 0.6) is 0 Å². The molecule has 0 aliphatic rings. The highest BCUT2D eigenvalue weighted by molar-refractivity contribution is 5.79. The summed E-state index contributed by atoms with van der Waals surface area (Å²) in [6.45, 7) is 5.27. The summed E-state index contributed by atoms with van der Waals surface area (Å²) in [5.74, 6) is -2.05. The van der Waals surface area contributed by atoms with Gasteiger partial charge >= 0.3 is 11.9 Å². The van der Waals surface area contributed by atoms with Gasteiger partial charge in [0.05, 0.1) is 12.3 Å². The number of hydrogen-bond donors (Lipinski definition) is 1. The first-order valence-electron chi connectivity index (χ1n) is 6.64. The summed E-state index contributed by atoms with van der Waals surface area (Å²) in [4.78, 5) is 32.8. The van der Waals surface area contributed by atoms with Gasteiger partial charge in [-0.3, -0.25) is 9.59 Å². The number of carbonyl (C=O) groups excluding carboxylic acids is 2. The van der Waals surface area contributed by atoms with Crippen LogP contribution >= 0.6 is 0 Å². The van der Waals surface area contributed by atoms with Crippen molar-refractivity contribution in [2.45, 2.75) is 64.9 Å². The Morgan fingerprint density at radius 2 is 1.84 bits per heavy atom. The molecule has 1 N–H and O–H groups in total. The second-order valence-corrected chi connectivity index (χ2v) is 5.63. The number of unbranched alkanes of at least 4 members (excludes halogenated alkanes) is 3. The van der Waals surface area contributed by atoms with Crippen molar-refractivity contribution >= 4 is 18.2 Å². The van der Waals surface area contributed by atoms with Gasteiger partial charge in [0.15, 0.2) is 0 Å². The lowest BCUT2D eigenvalue weighted by Gasteiger charge is -2.23. The van der Waals surface area contributed by atoms with Crippen LogP contribution in [-0.4, -0.2) is 28.9 Å². The minimum atomic E-state index is -0.997. The Balaban J connectivity index is 4.25. The number of carboxylic acids is 1. The van der Waals surface area contributed by atoms with E-state index in [1.54, 1.807) is 20.8 Å². The molecule has 0 aromatic carbocycles. The van der Waals surface area contributed by atoms with Gasteiger partial charge in [0, 0.05) is 6.42 Å². The molecule has 0 rings (SSSR count). The van der Waals surface area contributed by atoms with Gasteiger partial charge in [0.2, 0.25) is 0 Å². The monoisotopic (exact) mass is 272 g/mol. The Bertz CT molecular complexity index is 303. The predicted molar refractivity (Wildman–Crippen MR) is 70.7 cm³/mol. The van der Waals surface area contributed by atoms with Crippen molar-refractivity contribution in [1.29, 1.82) is 0 Å². The van der Waals surface area contributed by atoms with E-state index in [4.69, 9.17) is 9.84 Å². The molecule has 0 spiro atoms. The van der Waals surface area contributed by atoms with Crippen LogP contribution in [0.25, 0.3) is 0 Å². The van der Waals surface area contributed by atoms with Crippen LogP contribution in [0.15, 0.2) is 0 Å². The highest BCUT2D eigenvalue weighted by Crippen LogP contribution is 2.19. The summed E-state index contributed by atoms with van der Waals surface area (Å²) in [6.07, 6.45) is 3.97. The molecule has 0 aromatic rings. The Kier molecular flexibility index (Phi) is 8.03. The zero-order valence-corrected chi connectivity index (χ0v) is 12.0. The van der Waals surface area contributed by atoms with E-state index in [-0.39, 0.29) is 6.42 Å². The number of carboxylic acid groups (broad SMARTS) is 1. The van der Waals surface area contributed by atoms with Gasteiger partial charge in [-0.2, -0.15) is 0 Å². The van der Waals surface area contributed by atoms with E-state index in [0.29, 0.717) is 12.8 Å². The van der Waals surface area contributed by atoms with E-state index in [1.807, 2.05) is 0 Å². The summed E-state index contributed by atoms with van der Waals surface area (Å²) >= 11 is 0. The summed E-state index contributed by atoms with van der Waals surface area (Å²) < 4.78 is 5.22. The molecule has 110 valence electrons. The minimum absolute atomic E-state index is 0.206. The van der Waals surface area contributed by atoms with Crippen LogP contribution in [0.2, 0.25) is 0 Å². The first-order valence-corrected chi connectivity index (χ1v) is 6.64. The zero-order valence-electron chi connectivity index (χ0n) is 12.0. The van der Waals surface area contributed by atoms with Gasteiger partial charge in [-0.05, 0) is 33.6 Å². The summed E-state index contributed by atoms with van der Waals surface area (Å²) in [6, 6.07) is 0. The Morgan fingerprint density at radius 1 is 1.21 bits per heavy atom. The molecule has 1 unspecified atom stereocenters. The number of hydrogen-bond acceptors (Lipinski definition) is 4. The van der Waals surface area contributed by atoms with Gasteiger partial charge in [0.25, 0.3) is 0 Å². The quantitative estimate of drug-likeness (QED) is 0.396. The van der Waals surface area contributed by atoms with E-state index in [9.17, 15) is 14.4 Å². The van der Waals surface area contributed by atoms with E-state index >= 15 is 0 Å². The molecule has 0 radical (unpaired) electrons. The van der Waals surface area contributed by atoms with Gasteiger partial charge < -0.3 is 14.6 Å². The zero-order chi connectivity index (χ0) is 14.9. The Labute approximate surface area is 114 Å². The smallest absolute Gasteiger partial charge is 0.310 e. The summed E-state index contributed by atoms with van der Waals surface area (Å²) in [7, 11) is 0. The first kappa shape index (κ1) is 17.6. The van der Waals surface area contributed by atoms with Crippen molar-refractivity contribution in [2.24, 2.45) is 5.92 Å². The number of rotatable bonds is 9. The van der Waals surface area contributed by atoms with Gasteiger partial charge in [-0.25, -0.2) is 0 Å². The third-order valence-corrected chi connectivity index (χ3v) is 2.54. The molecule has 0 heterocycles. The van der Waals surface area contributed by atoms with Crippen LogP contribution in [0, 0.1) is 5.92 Å². The van der Waals surface area contributed by atoms with Crippen LogP contribution in [-0.2, 0) is 19.1 Å². The second kappa shape index (κ2) is 8.67. The second-order valence-electron chi connectivity index (χ2n) is 5.63. The fourth-order valence-electron chi connectivity index (χ4n) is 1.69. The molecule has 0 aromatic heterocycles. The topological polar surface area (TPSA) is 80.7 Å². The number of aldehydes is 1. The van der Waals surface area contributed by atoms with Gasteiger partial charge in [-0.1, -0.05) is 12.8 Å². The maximum Gasteiger partial charge on any atom is 0.310 e. The Morgan fingerprint density at radius 3 is 2.32 bits per heavy atom. The lowest BCUT2D eigenvalue weighted by molar-refractivity contribution is -0.163. The molecule has 5 heteroatoms. The lowest BCUT2D eigenvalue weighted by atomic mass is 9.97. The SMILES string of the molecule is CC(C)(C)OC(=O)C(CCCCCC=O)CC(=O)O. The molecular weight excluding hydrogens is 248 g/mol. The number of ether oxygens (including phenoxy) is 1. The average molecular weight is 272 g/mol. The molecule has 0 amide bonds. The standard InChI is InChI=1S/C14H24O5/c1-14(2,3)19-13(18)11(10-12(16)17)8-6-4-5-7-9-15/h9,11H,4-8,10H2,1-3H3,(H,16,17). The van der Waals surface area contributed by atoms with Crippen molar-refractivity contribution in [2.75, 3.05) is 0 Å². The van der Waals surface area contributed by atoms with E-state index in [0.717, 1.165) is 25.5 Å². The maximum absolute atomic E-state index is 11.9. The average Bonchev–Trinajstić information content (AvgIpc) is 2.24. The molecule has 0 fully saturated rings. The molecule has 0 bridgehead atoms. The van der Waals surface area contributed by atoms with Gasteiger partial charge in [-0.15, -0.1) is 0 Å². The lowest BCUT2D eigenvalue weighted by Crippen LogP contribution is -2.30. The van der Waals surface area contributed by atoms with Crippen molar-refractivity contribution in [3.8, 4) is 0 Å². The van der Waals surface area contributed by atoms with Crippen molar-refractivity contribution < 1.29 is 24.2 Å². The van der Waals surface area contributed by atoms with E-state index in [2.05, 4.69) is 0 Å². The normalized spacial score (nSPS) is 12.8. The number of carbonyl (C=O) groups is 3. The molecule has 0 aliphatic heterocycles. The van der Waals surface area contributed by atoms with Crippen LogP contribution < -0.4 is 0 Å². The molecule has 0 aliphatic carbocycles. The third kappa shape index (κ3) is 10.2. The predicted octanol–water partition coefficient (Wildman–Crippen LogP) is 2.57. The van der Waals surface area contributed by atoms with Crippen molar-refractivity contribution in [1.82, 2.24) is 0 Å². The molecule has 19 heavy (non-hydrogen) atoms. The highest BCUT2D eigenvalue weighted by atomic mass is 16.6. The molecule has 0 saturated heterocycles. The third-order valence-electron chi connectivity index (χ3n) is 2.54. The maximum atomic E-state index is 11.9. The van der Waals surface area contributed by atoms with Crippen molar-refractivity contribution in [3.63, 3.8) is 0 Å². The largest absolute Gasteiger partial charge is 0.481 e. The van der Waals surface area contributed by atoms with Crippen LogP contribution in [0.3, 0.4) is 0 Å². The van der Waals surface area contributed by atoms with Gasteiger partial charge in [0.1, 0.15) is 11.9 Å². The highest BCUT2D eigenvalue weighted by Gasteiger charge is 2.26. The molecule has 1 atom stereocenters. The Hall–Kier alpha value is -1.39. The van der Waals surface area contributed by atoms with E-state index < -0.39 is 23.5 Å². The molecular formula is C14H24O5. The fraction of sp³-hybridized carbons (Fsp3) is 0.786. The van der Waals surface area contributed by atoms with Crippen LogP contribution in [0.4, 0.5) is 0 Å². The molecule has 5 nitrogen and oxygen atoms in total. The summed E-state index contributed by atoms with van der Waals surface area (Å²) in [5.41, 5.74) is -0.606. The first-order chi connectivity index (χ1) is 8.76. The minimum Gasteiger partial charge on any atom is -0.481 e.